The summed E-state index contributed by atoms with van der Waals surface area (Å²) < 4.78 is 64.3. The number of nitrogens with one attached hydrogen (secondary N) is 1. The molecule has 1 fully saturated rings. The van der Waals surface area contributed by atoms with Crippen molar-refractivity contribution in [1.29, 1.82) is 0 Å². The van der Waals surface area contributed by atoms with E-state index < -0.39 is 71.2 Å². The second kappa shape index (κ2) is 9.61. The summed E-state index contributed by atoms with van der Waals surface area (Å²) in [4.78, 5) is 60.4. The third-order valence-corrected chi connectivity index (χ3v) is 7.61. The molecule has 0 amide bonds. The minimum absolute atomic E-state index is 0.328. The van der Waals surface area contributed by atoms with Gasteiger partial charge in [-0.2, -0.15) is 13.0 Å². The third-order valence-electron chi connectivity index (χ3n) is 3.80. The quantitative estimate of drug-likeness (QED) is 0.139. The van der Waals surface area contributed by atoms with Gasteiger partial charge in [0, 0.05) is 0 Å². The molecule has 0 aliphatic carbocycles. The Morgan fingerprint density at radius 2 is 1.82 bits per heavy atom. The largest absolute Gasteiger partial charge is 0.490 e. The highest BCUT2D eigenvalue weighted by Gasteiger charge is 2.56. The molecule has 0 aromatic carbocycles. The summed E-state index contributed by atoms with van der Waals surface area (Å²) in [5, 5.41) is 21.1. The first-order valence-electron chi connectivity index (χ1n) is 8.20. The summed E-state index contributed by atoms with van der Waals surface area (Å²) in [6, 6.07) is 0. The maximum Gasteiger partial charge on any atom is 0.490 e. The Hall–Kier alpha value is -1.54. The molecule has 1 aliphatic rings. The number of aromatic nitrogens is 2. The number of phosphoric ester groups is 1. The first kappa shape index (κ1) is 27.7. The van der Waals surface area contributed by atoms with Crippen molar-refractivity contribution in [1.82, 2.24) is 9.55 Å². The zero-order valence-corrected chi connectivity index (χ0v) is 18.7. The number of phosphoric acid groups is 3. The van der Waals surface area contributed by atoms with Gasteiger partial charge in [-0.25, -0.2) is 18.5 Å². The van der Waals surface area contributed by atoms with E-state index in [1.54, 1.807) is 4.98 Å². The number of hydrogen-bond acceptors (Lipinski definition) is 11. The summed E-state index contributed by atoms with van der Waals surface area (Å²) in [6.07, 6.45) is -5.60. The Kier molecular flexibility index (Phi) is 8.06. The summed E-state index contributed by atoms with van der Waals surface area (Å²) in [5.74, 6) is 2.86. The Labute approximate surface area is 181 Å². The average Bonchev–Trinajstić information content (AvgIpc) is 2.85. The van der Waals surface area contributed by atoms with Gasteiger partial charge in [0.1, 0.15) is 12.2 Å². The second-order valence-electron chi connectivity index (χ2n) is 6.20. The van der Waals surface area contributed by atoms with E-state index in [2.05, 4.69) is 25.0 Å². The lowest BCUT2D eigenvalue weighted by atomic mass is 9.94. The Morgan fingerprint density at radius 1 is 1.21 bits per heavy atom. The molecule has 2 rings (SSSR count). The summed E-state index contributed by atoms with van der Waals surface area (Å²) in [7, 11) is -17.1. The number of aliphatic hydroxyl groups excluding tert-OH is 1. The Balaban J connectivity index is 2.28. The van der Waals surface area contributed by atoms with E-state index >= 15 is 0 Å². The van der Waals surface area contributed by atoms with E-state index in [1.165, 1.54) is 6.92 Å². The van der Waals surface area contributed by atoms with Crippen LogP contribution in [0.3, 0.4) is 0 Å². The van der Waals surface area contributed by atoms with Crippen LogP contribution in [0.4, 0.5) is 4.39 Å². The predicted molar refractivity (Wildman–Crippen MR) is 99.4 cm³/mol. The SMILES string of the molecule is CC#CC1(O)[C@@H](O)[C@@H](COP(=O)(O)OP(=O)(O)OP(=O)(O)O)O[C@H]1n1cc(F)c(=O)[nH]c1=O. The number of nitrogens with zero attached hydrogens (tertiary/aromatic N) is 1. The number of ether oxygens (including phenoxy) is 1. The van der Waals surface area contributed by atoms with E-state index in [9.17, 15) is 42.8 Å². The van der Waals surface area contributed by atoms with Gasteiger partial charge < -0.3 is 34.5 Å². The molecule has 7 N–H and O–H groups in total. The van der Waals surface area contributed by atoms with Crippen LogP contribution in [0.1, 0.15) is 13.2 Å². The zero-order valence-electron chi connectivity index (χ0n) is 16.0. The molecule has 21 heteroatoms. The molecule has 0 bridgehead atoms. The van der Waals surface area contributed by atoms with E-state index in [0.717, 1.165) is 0 Å². The minimum atomic E-state index is -5.82. The van der Waals surface area contributed by atoms with Crippen LogP contribution in [0.5, 0.6) is 0 Å². The second-order valence-corrected chi connectivity index (χ2v) is 10.6. The number of rotatable bonds is 8. The van der Waals surface area contributed by atoms with E-state index in [0.29, 0.717) is 10.8 Å². The highest BCUT2D eigenvalue weighted by molar-refractivity contribution is 7.66. The van der Waals surface area contributed by atoms with Crippen molar-refractivity contribution < 1.29 is 65.8 Å². The smallest absolute Gasteiger partial charge is 0.386 e. The molecule has 33 heavy (non-hydrogen) atoms. The van der Waals surface area contributed by atoms with Gasteiger partial charge in [0.25, 0.3) is 5.56 Å². The maximum atomic E-state index is 13.7. The van der Waals surface area contributed by atoms with Crippen molar-refractivity contribution in [2.45, 2.75) is 31.0 Å². The lowest BCUT2D eigenvalue weighted by molar-refractivity contribution is -0.0766. The van der Waals surface area contributed by atoms with Crippen LogP contribution >= 0.6 is 23.5 Å². The highest BCUT2D eigenvalue weighted by Crippen LogP contribution is 2.66. The van der Waals surface area contributed by atoms with E-state index in [4.69, 9.17) is 19.4 Å². The topological polar surface area (TPSA) is 264 Å². The van der Waals surface area contributed by atoms with Crippen molar-refractivity contribution in [3.8, 4) is 11.8 Å². The summed E-state index contributed by atoms with van der Waals surface area (Å²) in [5.41, 5.74) is -5.35. The molecule has 3 unspecified atom stereocenters. The van der Waals surface area contributed by atoms with Crippen molar-refractivity contribution in [2.24, 2.45) is 0 Å². The van der Waals surface area contributed by atoms with Gasteiger partial charge in [0.05, 0.1) is 12.8 Å². The minimum Gasteiger partial charge on any atom is -0.386 e. The fourth-order valence-corrected chi connectivity index (χ4v) is 5.65. The van der Waals surface area contributed by atoms with Gasteiger partial charge in [-0.15, -0.1) is 5.92 Å². The molecule has 1 aromatic heterocycles. The molecule has 1 aliphatic heterocycles. The monoisotopic (exact) mass is 540 g/mol. The molecular formula is C12H16FN2O15P3. The molecule has 0 radical (unpaired) electrons. The molecule has 2 heterocycles. The molecular weight excluding hydrogens is 524 g/mol. The lowest BCUT2D eigenvalue weighted by Crippen LogP contribution is -2.48. The van der Waals surface area contributed by atoms with Gasteiger partial charge >= 0.3 is 29.2 Å². The number of aliphatic hydroxyl groups is 2. The molecule has 186 valence electrons. The summed E-state index contributed by atoms with van der Waals surface area (Å²) in [6.45, 7) is -0.00694. The van der Waals surface area contributed by atoms with E-state index in [1.807, 2.05) is 0 Å². The molecule has 1 aromatic rings. The number of aromatic amines is 1. The first-order chi connectivity index (χ1) is 14.9. The first-order valence-corrected chi connectivity index (χ1v) is 12.7. The van der Waals surface area contributed by atoms with Crippen LogP contribution in [0.2, 0.25) is 0 Å². The van der Waals surface area contributed by atoms with Crippen molar-refractivity contribution in [3.63, 3.8) is 0 Å². The van der Waals surface area contributed by atoms with Crippen LogP contribution in [-0.2, 0) is 31.6 Å². The van der Waals surface area contributed by atoms with Crippen LogP contribution in [0.25, 0.3) is 0 Å². The number of halogens is 1. The van der Waals surface area contributed by atoms with E-state index in [-0.39, 0.29) is 0 Å². The van der Waals surface area contributed by atoms with Crippen LogP contribution in [-0.4, -0.2) is 63.8 Å². The Morgan fingerprint density at radius 3 is 2.36 bits per heavy atom. The molecule has 17 nitrogen and oxygen atoms in total. The Bertz CT molecular complexity index is 1230. The lowest BCUT2D eigenvalue weighted by Gasteiger charge is -2.26. The van der Waals surface area contributed by atoms with Crippen LogP contribution in [0, 0.1) is 17.7 Å². The van der Waals surface area contributed by atoms with Gasteiger partial charge in [0.15, 0.2) is 11.8 Å². The van der Waals surface area contributed by atoms with Crippen molar-refractivity contribution >= 4 is 23.5 Å². The van der Waals surface area contributed by atoms with Crippen LogP contribution < -0.4 is 11.2 Å². The number of H-pyrrole nitrogens is 1. The average molecular weight is 540 g/mol. The maximum absolute atomic E-state index is 13.7. The standard InChI is InChI=1S/C12H16FN2O15P3/c1-2-3-12(19)8(16)7(28-10(12)15-4-6(13)9(17)14-11(15)18)5-27-32(23,24)30-33(25,26)29-31(20,21)22/h4,7-8,10,16,19H,5H2,1H3,(H,23,24)(H,25,26)(H,14,17,18)(H2,20,21,22)/t7-,8+,10-,12?/m1/s1. The van der Waals surface area contributed by atoms with Gasteiger partial charge in [0.2, 0.25) is 5.82 Å². The summed E-state index contributed by atoms with van der Waals surface area (Å²) >= 11 is 0. The zero-order chi connectivity index (χ0) is 25.4. The van der Waals surface area contributed by atoms with Crippen LogP contribution in [0.15, 0.2) is 15.8 Å². The molecule has 6 atom stereocenters. The molecule has 0 spiro atoms. The predicted octanol–water partition coefficient (Wildman–Crippen LogP) is -1.97. The van der Waals surface area contributed by atoms with Crippen molar-refractivity contribution in [2.75, 3.05) is 6.61 Å². The van der Waals surface area contributed by atoms with Gasteiger partial charge in [-0.3, -0.25) is 18.9 Å². The fourth-order valence-electron chi connectivity index (χ4n) is 2.62. The van der Waals surface area contributed by atoms with Gasteiger partial charge in [-0.05, 0) is 6.92 Å². The highest BCUT2D eigenvalue weighted by atomic mass is 31.3. The number of hydrogen-bond donors (Lipinski definition) is 7. The van der Waals surface area contributed by atoms with Gasteiger partial charge in [-0.1, -0.05) is 5.92 Å². The molecule has 1 saturated heterocycles. The normalized spacial score (nSPS) is 29.0. The third kappa shape index (κ3) is 6.75. The molecule has 0 saturated carbocycles. The van der Waals surface area contributed by atoms with Crippen molar-refractivity contribution in [3.05, 3.63) is 32.9 Å². The fraction of sp³-hybridized carbons (Fsp3) is 0.500.